The Labute approximate surface area is 74.4 Å². The van der Waals surface area contributed by atoms with Crippen molar-refractivity contribution < 1.29 is 0 Å². The number of nitrogens with one attached hydrogen (secondary N) is 1. The quantitative estimate of drug-likeness (QED) is 0.488. The van der Waals surface area contributed by atoms with Crippen LogP contribution in [0.1, 0.15) is 26.2 Å². The number of nitrogens with zero attached hydrogens (tertiary/aromatic N) is 1. The van der Waals surface area contributed by atoms with Crippen LogP contribution in [0.3, 0.4) is 0 Å². The lowest BCUT2D eigenvalue weighted by atomic mass is 10.2. The number of hydrogen-bond donors (Lipinski definition) is 2. The molecule has 1 atom stereocenters. The van der Waals surface area contributed by atoms with Gasteiger partial charge in [-0.2, -0.15) is 0 Å². The van der Waals surface area contributed by atoms with Gasteiger partial charge >= 0.3 is 0 Å². The van der Waals surface area contributed by atoms with E-state index in [-0.39, 0.29) is 0 Å². The molecular formula is C9H19N3. The van der Waals surface area contributed by atoms with Gasteiger partial charge < -0.3 is 10.6 Å². The first-order valence-electron chi connectivity index (χ1n) is 4.73. The van der Waals surface area contributed by atoms with E-state index >= 15 is 0 Å². The summed E-state index contributed by atoms with van der Waals surface area (Å²) in [6.45, 7) is 5.88. The van der Waals surface area contributed by atoms with Gasteiger partial charge in [-0.15, -0.1) is 0 Å². The molecule has 1 aliphatic heterocycles. The largest absolute Gasteiger partial charge is 0.388 e. The summed E-state index contributed by atoms with van der Waals surface area (Å²) >= 11 is 0. The molecule has 70 valence electrons. The second kappa shape index (κ2) is 4.45. The van der Waals surface area contributed by atoms with E-state index < -0.39 is 0 Å². The van der Waals surface area contributed by atoms with E-state index in [1.54, 1.807) is 0 Å². The lowest BCUT2D eigenvalue weighted by Gasteiger charge is -2.14. The van der Waals surface area contributed by atoms with Gasteiger partial charge in [-0.25, -0.2) is 0 Å². The van der Waals surface area contributed by atoms with Crippen LogP contribution in [0.25, 0.3) is 0 Å². The topological polar surface area (TPSA) is 53.1 Å². The summed E-state index contributed by atoms with van der Waals surface area (Å²) in [4.78, 5) is 2.47. The zero-order valence-corrected chi connectivity index (χ0v) is 7.84. The molecule has 0 amide bonds. The summed E-state index contributed by atoms with van der Waals surface area (Å²) in [5.41, 5.74) is 5.27. The first kappa shape index (κ1) is 9.52. The third-order valence-corrected chi connectivity index (χ3v) is 2.43. The van der Waals surface area contributed by atoms with Crippen molar-refractivity contribution in [2.45, 2.75) is 26.2 Å². The molecule has 0 spiro atoms. The number of amidine groups is 1. The van der Waals surface area contributed by atoms with Gasteiger partial charge in [-0.3, -0.25) is 5.41 Å². The van der Waals surface area contributed by atoms with E-state index in [0.29, 0.717) is 5.84 Å². The molecule has 1 aliphatic rings. The van der Waals surface area contributed by atoms with Crippen molar-refractivity contribution in [3.8, 4) is 0 Å². The Kier molecular flexibility index (Phi) is 3.53. The minimum absolute atomic E-state index is 0.322. The van der Waals surface area contributed by atoms with Crippen LogP contribution < -0.4 is 5.73 Å². The van der Waals surface area contributed by atoms with Crippen molar-refractivity contribution in [1.29, 1.82) is 5.41 Å². The van der Waals surface area contributed by atoms with Gasteiger partial charge in [0.05, 0.1) is 5.84 Å². The first-order valence-corrected chi connectivity index (χ1v) is 4.73. The molecule has 3 heteroatoms. The van der Waals surface area contributed by atoms with Gasteiger partial charge in [-0.1, -0.05) is 6.92 Å². The normalized spacial score (nSPS) is 24.6. The number of rotatable bonds is 4. The van der Waals surface area contributed by atoms with Gasteiger partial charge in [-0.05, 0) is 31.8 Å². The molecule has 3 nitrogen and oxygen atoms in total. The summed E-state index contributed by atoms with van der Waals surface area (Å²) in [6, 6.07) is 0. The summed E-state index contributed by atoms with van der Waals surface area (Å²) < 4.78 is 0. The van der Waals surface area contributed by atoms with Crippen molar-refractivity contribution >= 4 is 5.84 Å². The van der Waals surface area contributed by atoms with Crippen LogP contribution in [0.2, 0.25) is 0 Å². The molecule has 1 fully saturated rings. The molecule has 1 rings (SSSR count). The van der Waals surface area contributed by atoms with Crippen molar-refractivity contribution in [2.75, 3.05) is 19.6 Å². The highest BCUT2D eigenvalue weighted by atomic mass is 15.1. The molecule has 0 aliphatic carbocycles. The van der Waals surface area contributed by atoms with Crippen LogP contribution in [0.15, 0.2) is 0 Å². The van der Waals surface area contributed by atoms with E-state index in [0.717, 1.165) is 25.3 Å². The number of nitrogens with two attached hydrogens (primary N) is 1. The van der Waals surface area contributed by atoms with E-state index in [4.69, 9.17) is 11.1 Å². The summed E-state index contributed by atoms with van der Waals surface area (Å²) in [5, 5.41) is 7.07. The van der Waals surface area contributed by atoms with E-state index in [9.17, 15) is 0 Å². The van der Waals surface area contributed by atoms with Crippen molar-refractivity contribution in [2.24, 2.45) is 11.7 Å². The lowest BCUT2D eigenvalue weighted by Crippen LogP contribution is -2.23. The van der Waals surface area contributed by atoms with Crippen molar-refractivity contribution in [3.63, 3.8) is 0 Å². The molecule has 0 saturated carbocycles. The average molecular weight is 169 g/mol. The highest BCUT2D eigenvalue weighted by molar-refractivity contribution is 5.76. The van der Waals surface area contributed by atoms with Crippen LogP contribution in [0.5, 0.6) is 0 Å². The zero-order valence-electron chi connectivity index (χ0n) is 7.84. The monoisotopic (exact) mass is 169 g/mol. The average Bonchev–Trinajstić information content (AvgIpc) is 2.35. The highest BCUT2D eigenvalue weighted by Gasteiger charge is 2.17. The third-order valence-electron chi connectivity index (χ3n) is 2.43. The Hall–Kier alpha value is -0.570. The number of hydrogen-bond acceptors (Lipinski definition) is 2. The maximum atomic E-state index is 7.07. The van der Waals surface area contributed by atoms with Gasteiger partial charge in [0, 0.05) is 13.0 Å². The molecular weight excluding hydrogens is 150 g/mol. The standard InChI is InChI=1S/C9H19N3/c1-8-4-6-12(7-8)5-2-3-9(10)11/h8H,2-7H2,1H3,(H3,10,11). The molecule has 0 radical (unpaired) electrons. The Balaban J connectivity index is 2.04. The Morgan fingerprint density at radius 1 is 1.67 bits per heavy atom. The fourth-order valence-corrected chi connectivity index (χ4v) is 1.72. The molecule has 0 aromatic heterocycles. The molecule has 0 bridgehead atoms. The molecule has 0 aromatic rings. The van der Waals surface area contributed by atoms with Gasteiger partial charge in [0.15, 0.2) is 0 Å². The highest BCUT2D eigenvalue weighted by Crippen LogP contribution is 2.14. The first-order chi connectivity index (χ1) is 5.68. The summed E-state index contributed by atoms with van der Waals surface area (Å²) in [7, 11) is 0. The molecule has 1 unspecified atom stereocenters. The fraction of sp³-hybridized carbons (Fsp3) is 0.889. The van der Waals surface area contributed by atoms with Crippen molar-refractivity contribution in [3.05, 3.63) is 0 Å². The van der Waals surface area contributed by atoms with E-state index in [1.165, 1.54) is 19.5 Å². The maximum Gasteiger partial charge on any atom is 0.0905 e. The second-order valence-electron chi connectivity index (χ2n) is 3.82. The second-order valence-corrected chi connectivity index (χ2v) is 3.82. The third kappa shape index (κ3) is 3.22. The predicted octanol–water partition coefficient (Wildman–Crippen LogP) is 1.04. The van der Waals surface area contributed by atoms with Gasteiger partial charge in [0.1, 0.15) is 0 Å². The SMILES string of the molecule is CC1CCN(CCCC(=N)N)C1. The summed E-state index contributed by atoms with van der Waals surface area (Å²) in [6.07, 6.45) is 3.13. The lowest BCUT2D eigenvalue weighted by molar-refractivity contribution is 0.325. The molecule has 1 saturated heterocycles. The molecule has 3 N–H and O–H groups in total. The summed E-state index contributed by atoms with van der Waals surface area (Å²) in [5.74, 6) is 1.18. The van der Waals surface area contributed by atoms with E-state index in [1.807, 2.05) is 0 Å². The Bertz CT molecular complexity index is 156. The van der Waals surface area contributed by atoms with Crippen LogP contribution in [-0.4, -0.2) is 30.4 Å². The Morgan fingerprint density at radius 3 is 2.92 bits per heavy atom. The maximum absolute atomic E-state index is 7.07. The minimum atomic E-state index is 0.322. The number of likely N-dealkylation sites (tertiary alicyclic amines) is 1. The van der Waals surface area contributed by atoms with Crippen LogP contribution in [0, 0.1) is 11.3 Å². The predicted molar refractivity (Wildman–Crippen MR) is 51.4 cm³/mol. The van der Waals surface area contributed by atoms with Gasteiger partial charge in [0.2, 0.25) is 0 Å². The van der Waals surface area contributed by atoms with Gasteiger partial charge in [0.25, 0.3) is 0 Å². The molecule has 1 heterocycles. The van der Waals surface area contributed by atoms with Crippen LogP contribution in [-0.2, 0) is 0 Å². The molecule has 12 heavy (non-hydrogen) atoms. The minimum Gasteiger partial charge on any atom is -0.388 e. The Morgan fingerprint density at radius 2 is 2.42 bits per heavy atom. The molecule has 0 aromatic carbocycles. The smallest absolute Gasteiger partial charge is 0.0905 e. The van der Waals surface area contributed by atoms with Crippen LogP contribution >= 0.6 is 0 Å². The van der Waals surface area contributed by atoms with Crippen LogP contribution in [0.4, 0.5) is 0 Å². The fourth-order valence-electron chi connectivity index (χ4n) is 1.72. The van der Waals surface area contributed by atoms with E-state index in [2.05, 4.69) is 11.8 Å². The van der Waals surface area contributed by atoms with Crippen molar-refractivity contribution in [1.82, 2.24) is 4.90 Å². The zero-order chi connectivity index (χ0) is 8.97.